The zero-order valence-corrected chi connectivity index (χ0v) is 10.7. The summed E-state index contributed by atoms with van der Waals surface area (Å²) in [7, 11) is 0. The van der Waals surface area contributed by atoms with Crippen molar-refractivity contribution in [3.05, 3.63) is 12.3 Å². The normalized spacial score (nSPS) is 25.5. The van der Waals surface area contributed by atoms with Gasteiger partial charge in [0.2, 0.25) is 0 Å². The molecular formula is C11H19N5S. The lowest BCUT2D eigenvalue weighted by molar-refractivity contribution is 0.321. The van der Waals surface area contributed by atoms with E-state index < -0.39 is 0 Å². The summed E-state index contributed by atoms with van der Waals surface area (Å²) >= 11 is 2.05. The van der Waals surface area contributed by atoms with Crippen LogP contribution in [0.25, 0.3) is 0 Å². The van der Waals surface area contributed by atoms with Crippen LogP contribution in [-0.4, -0.2) is 53.5 Å². The van der Waals surface area contributed by atoms with Crippen LogP contribution in [0, 0.1) is 0 Å². The van der Waals surface area contributed by atoms with Crippen LogP contribution in [-0.2, 0) is 0 Å². The quantitative estimate of drug-likeness (QED) is 0.713. The number of aromatic nitrogens is 2. The Kier molecular flexibility index (Phi) is 3.54. The lowest BCUT2D eigenvalue weighted by Crippen LogP contribution is -2.44. The largest absolute Gasteiger partial charge is 0.369 e. The molecule has 0 aliphatic carbocycles. The summed E-state index contributed by atoms with van der Waals surface area (Å²) < 4.78 is 2.11. The molecule has 3 heterocycles. The van der Waals surface area contributed by atoms with Crippen molar-refractivity contribution in [1.82, 2.24) is 20.4 Å². The maximum atomic E-state index is 4.39. The molecule has 0 amide bonds. The first-order chi connectivity index (χ1) is 8.43. The van der Waals surface area contributed by atoms with Gasteiger partial charge in [-0.15, -0.1) is 0 Å². The number of nitrogens with zero attached hydrogens (tertiary/aromatic N) is 2. The third-order valence-corrected chi connectivity index (χ3v) is 4.54. The predicted molar refractivity (Wildman–Crippen MR) is 71.7 cm³/mol. The molecule has 0 aromatic carbocycles. The molecule has 2 fully saturated rings. The summed E-state index contributed by atoms with van der Waals surface area (Å²) in [6.45, 7) is 5.35. The van der Waals surface area contributed by atoms with Gasteiger partial charge in [0.25, 0.3) is 0 Å². The van der Waals surface area contributed by atoms with Crippen molar-refractivity contribution in [3.63, 3.8) is 0 Å². The first kappa shape index (κ1) is 11.4. The molecule has 5 nitrogen and oxygen atoms in total. The Bertz CT molecular complexity index is 356. The number of hydrogen-bond acceptors (Lipinski definition) is 5. The number of nitrogens with one attached hydrogen (secondary N) is 3. The number of rotatable bonds is 4. The molecule has 3 rings (SSSR count). The third-order valence-electron chi connectivity index (χ3n) is 3.29. The van der Waals surface area contributed by atoms with Crippen molar-refractivity contribution >= 4 is 17.6 Å². The van der Waals surface area contributed by atoms with Crippen molar-refractivity contribution in [1.29, 1.82) is 0 Å². The number of thioether (sulfide) groups is 1. The first-order valence-electron chi connectivity index (χ1n) is 6.24. The van der Waals surface area contributed by atoms with Crippen LogP contribution in [0.4, 0.5) is 5.82 Å². The molecule has 0 radical (unpaired) electrons. The Balaban J connectivity index is 1.55. The van der Waals surface area contributed by atoms with Gasteiger partial charge >= 0.3 is 0 Å². The van der Waals surface area contributed by atoms with E-state index in [0.717, 1.165) is 38.5 Å². The molecule has 1 aromatic rings. The van der Waals surface area contributed by atoms with Gasteiger partial charge in [-0.25, -0.2) is 4.68 Å². The molecule has 2 aliphatic rings. The fraction of sp³-hybridized carbons (Fsp3) is 0.727. The van der Waals surface area contributed by atoms with Crippen molar-refractivity contribution in [2.75, 3.05) is 43.8 Å². The molecule has 94 valence electrons. The summed E-state index contributed by atoms with van der Waals surface area (Å²) in [4.78, 5) is 0. The maximum Gasteiger partial charge on any atom is 0.124 e. The van der Waals surface area contributed by atoms with Crippen LogP contribution in [0.1, 0.15) is 6.04 Å². The third kappa shape index (κ3) is 2.59. The molecule has 1 atom stereocenters. The van der Waals surface area contributed by atoms with E-state index in [1.54, 1.807) is 0 Å². The second-order valence-electron chi connectivity index (χ2n) is 4.55. The zero-order chi connectivity index (χ0) is 11.5. The van der Waals surface area contributed by atoms with Crippen molar-refractivity contribution in [3.8, 4) is 0 Å². The minimum atomic E-state index is 0.532. The summed E-state index contributed by atoms with van der Waals surface area (Å²) in [5, 5.41) is 15.3. The zero-order valence-electron chi connectivity index (χ0n) is 9.85. The Labute approximate surface area is 106 Å². The molecule has 6 heteroatoms. The second kappa shape index (κ2) is 5.29. The fourth-order valence-electron chi connectivity index (χ4n) is 2.16. The lowest BCUT2D eigenvalue weighted by Gasteiger charge is -2.29. The van der Waals surface area contributed by atoms with E-state index in [1.165, 1.54) is 5.75 Å². The van der Waals surface area contributed by atoms with E-state index in [-0.39, 0.29) is 0 Å². The Hall–Kier alpha value is -0.720. The van der Waals surface area contributed by atoms with E-state index in [0.29, 0.717) is 11.3 Å². The van der Waals surface area contributed by atoms with E-state index in [9.17, 15) is 0 Å². The standard InChI is InChI=1S/C11H19N5S/c1-2-15-16(9-5-13-6-9)11(1)14-8-10-7-12-3-4-17-10/h1-2,9-10,12-14H,3-8H2. The van der Waals surface area contributed by atoms with E-state index >= 15 is 0 Å². The molecule has 2 aliphatic heterocycles. The summed E-state index contributed by atoms with van der Waals surface area (Å²) in [5.74, 6) is 2.38. The van der Waals surface area contributed by atoms with Gasteiger partial charge in [-0.1, -0.05) is 0 Å². The van der Waals surface area contributed by atoms with Crippen molar-refractivity contribution in [2.24, 2.45) is 0 Å². The van der Waals surface area contributed by atoms with E-state index in [4.69, 9.17) is 0 Å². The monoisotopic (exact) mass is 253 g/mol. The molecule has 0 saturated carbocycles. The van der Waals surface area contributed by atoms with E-state index in [2.05, 4.69) is 43.6 Å². The Morgan fingerprint density at radius 3 is 3.06 bits per heavy atom. The topological polar surface area (TPSA) is 53.9 Å². The Morgan fingerprint density at radius 2 is 2.35 bits per heavy atom. The average molecular weight is 253 g/mol. The molecule has 1 aromatic heterocycles. The highest BCUT2D eigenvalue weighted by Crippen LogP contribution is 2.19. The molecular weight excluding hydrogens is 234 g/mol. The highest BCUT2D eigenvalue weighted by atomic mass is 32.2. The van der Waals surface area contributed by atoms with Crippen LogP contribution in [0.2, 0.25) is 0 Å². The maximum absolute atomic E-state index is 4.39. The van der Waals surface area contributed by atoms with Crippen LogP contribution in [0.15, 0.2) is 12.3 Å². The van der Waals surface area contributed by atoms with Crippen LogP contribution >= 0.6 is 11.8 Å². The molecule has 3 N–H and O–H groups in total. The number of anilines is 1. The molecule has 0 bridgehead atoms. The molecule has 0 spiro atoms. The Morgan fingerprint density at radius 1 is 1.41 bits per heavy atom. The van der Waals surface area contributed by atoms with Gasteiger partial charge < -0.3 is 16.0 Å². The highest BCUT2D eigenvalue weighted by molar-refractivity contribution is 8.00. The number of hydrogen-bond donors (Lipinski definition) is 3. The SMILES string of the molecule is c1cc(NCC2CNCCS2)n(C2CNC2)n1. The van der Waals surface area contributed by atoms with Gasteiger partial charge in [-0.3, -0.25) is 0 Å². The van der Waals surface area contributed by atoms with Crippen LogP contribution in [0.3, 0.4) is 0 Å². The van der Waals surface area contributed by atoms with Gasteiger partial charge in [-0.05, 0) is 0 Å². The van der Waals surface area contributed by atoms with Gasteiger partial charge in [0.15, 0.2) is 0 Å². The molecule has 2 saturated heterocycles. The van der Waals surface area contributed by atoms with Crippen LogP contribution in [0.5, 0.6) is 0 Å². The van der Waals surface area contributed by atoms with Gasteiger partial charge in [0.1, 0.15) is 5.82 Å². The predicted octanol–water partition coefficient (Wildman–Crippen LogP) is 0.144. The minimum absolute atomic E-state index is 0.532. The summed E-state index contributed by atoms with van der Waals surface area (Å²) in [6, 6.07) is 2.60. The second-order valence-corrected chi connectivity index (χ2v) is 5.96. The minimum Gasteiger partial charge on any atom is -0.369 e. The van der Waals surface area contributed by atoms with E-state index in [1.807, 2.05) is 6.20 Å². The van der Waals surface area contributed by atoms with Gasteiger partial charge in [-0.2, -0.15) is 16.9 Å². The smallest absolute Gasteiger partial charge is 0.124 e. The van der Waals surface area contributed by atoms with Gasteiger partial charge in [0.05, 0.1) is 12.2 Å². The molecule has 1 unspecified atom stereocenters. The lowest BCUT2D eigenvalue weighted by atomic mass is 10.2. The highest BCUT2D eigenvalue weighted by Gasteiger charge is 2.22. The van der Waals surface area contributed by atoms with Crippen molar-refractivity contribution in [2.45, 2.75) is 11.3 Å². The van der Waals surface area contributed by atoms with Gasteiger partial charge in [0, 0.05) is 49.8 Å². The van der Waals surface area contributed by atoms with Crippen molar-refractivity contribution < 1.29 is 0 Å². The summed E-state index contributed by atoms with van der Waals surface area (Å²) in [6.07, 6.45) is 1.88. The fourth-order valence-corrected chi connectivity index (χ4v) is 3.19. The first-order valence-corrected chi connectivity index (χ1v) is 7.29. The van der Waals surface area contributed by atoms with Crippen LogP contribution < -0.4 is 16.0 Å². The molecule has 17 heavy (non-hydrogen) atoms. The summed E-state index contributed by atoms with van der Waals surface area (Å²) in [5.41, 5.74) is 0. The average Bonchev–Trinajstić information content (AvgIpc) is 2.74.